The fraction of sp³-hybridized carbons (Fsp3) is 0.625. The third kappa shape index (κ3) is 2.39. The number of sulfonamides is 1. The third-order valence-electron chi connectivity index (χ3n) is 5.38. The molecule has 130 valence electrons. The molecule has 2 unspecified atom stereocenters. The average molecular weight is 349 g/mol. The fourth-order valence-electron chi connectivity index (χ4n) is 4.24. The number of piperidine rings is 1. The van der Waals surface area contributed by atoms with E-state index in [1.54, 1.807) is 16.7 Å². The Kier molecular flexibility index (Phi) is 3.76. The van der Waals surface area contributed by atoms with Crippen LogP contribution in [0, 0.1) is 6.92 Å². The predicted octanol–water partition coefficient (Wildman–Crippen LogP) is 1.96. The first-order valence-corrected chi connectivity index (χ1v) is 10.0. The van der Waals surface area contributed by atoms with Crippen LogP contribution in [0.1, 0.15) is 44.5 Å². The summed E-state index contributed by atoms with van der Waals surface area (Å²) >= 11 is 0. The molecule has 0 spiro atoms. The number of imidazole rings is 1. The lowest BCUT2D eigenvalue weighted by Gasteiger charge is -2.37. The van der Waals surface area contributed by atoms with Crippen molar-refractivity contribution in [2.24, 2.45) is 0 Å². The maximum Gasteiger partial charge on any atom is 0.262 e. The molecule has 24 heavy (non-hydrogen) atoms. The van der Waals surface area contributed by atoms with Crippen molar-refractivity contribution in [1.82, 2.24) is 23.6 Å². The maximum absolute atomic E-state index is 13.2. The molecule has 2 fully saturated rings. The van der Waals surface area contributed by atoms with Crippen LogP contribution in [0.2, 0.25) is 0 Å². The van der Waals surface area contributed by atoms with Gasteiger partial charge in [0.1, 0.15) is 5.82 Å². The predicted molar refractivity (Wildman–Crippen MR) is 89.0 cm³/mol. The minimum Gasteiger partial charge on any atom is -0.334 e. The Labute approximate surface area is 142 Å². The first-order chi connectivity index (χ1) is 11.5. The van der Waals surface area contributed by atoms with Gasteiger partial charge in [-0.25, -0.2) is 13.4 Å². The van der Waals surface area contributed by atoms with Gasteiger partial charge in [-0.3, -0.25) is 4.68 Å². The van der Waals surface area contributed by atoms with Gasteiger partial charge in [-0.1, -0.05) is 0 Å². The molecule has 2 aromatic heterocycles. The van der Waals surface area contributed by atoms with Crippen molar-refractivity contribution in [2.75, 3.05) is 0 Å². The number of nitrogens with zero attached hydrogens (tertiary/aromatic N) is 5. The van der Waals surface area contributed by atoms with Crippen LogP contribution < -0.4 is 0 Å². The summed E-state index contributed by atoms with van der Waals surface area (Å²) in [4.78, 5) is 4.31. The van der Waals surface area contributed by atoms with Gasteiger partial charge >= 0.3 is 0 Å². The number of hydrogen-bond acceptors (Lipinski definition) is 4. The van der Waals surface area contributed by atoms with E-state index in [0.29, 0.717) is 6.04 Å². The van der Waals surface area contributed by atoms with E-state index in [9.17, 15) is 8.42 Å². The zero-order valence-corrected chi connectivity index (χ0v) is 14.9. The standard InChI is InChI=1S/C16H23N5O2S/c1-3-19-11-16(18-12(19)2)24(22,23)21-13-5-6-14(21)10-15(9-13)20-8-4-7-17-20/h4,7-8,11,13-15H,3,5-6,9-10H2,1-2H3. The topological polar surface area (TPSA) is 73.0 Å². The van der Waals surface area contributed by atoms with Gasteiger partial charge in [0.05, 0.1) is 6.04 Å². The van der Waals surface area contributed by atoms with Crippen molar-refractivity contribution in [3.63, 3.8) is 0 Å². The zero-order valence-electron chi connectivity index (χ0n) is 14.0. The summed E-state index contributed by atoms with van der Waals surface area (Å²) in [5.74, 6) is 0.745. The highest BCUT2D eigenvalue weighted by Gasteiger charge is 2.48. The first kappa shape index (κ1) is 15.8. The Morgan fingerprint density at radius 3 is 2.46 bits per heavy atom. The summed E-state index contributed by atoms with van der Waals surface area (Å²) in [6, 6.07) is 2.31. The monoisotopic (exact) mass is 349 g/mol. The second-order valence-corrected chi connectivity index (χ2v) is 8.53. The van der Waals surface area contributed by atoms with Gasteiger partial charge in [0.2, 0.25) is 0 Å². The molecule has 4 rings (SSSR count). The van der Waals surface area contributed by atoms with Gasteiger partial charge in [0.25, 0.3) is 10.0 Å². The Bertz CT molecular complexity index is 813. The molecule has 2 saturated heterocycles. The summed E-state index contributed by atoms with van der Waals surface area (Å²) < 4.78 is 31.9. The minimum absolute atomic E-state index is 0.0510. The van der Waals surface area contributed by atoms with Crippen molar-refractivity contribution in [3.05, 3.63) is 30.5 Å². The van der Waals surface area contributed by atoms with Crippen molar-refractivity contribution in [3.8, 4) is 0 Å². The van der Waals surface area contributed by atoms with Crippen LogP contribution in [0.25, 0.3) is 0 Å². The number of fused-ring (bicyclic) bond motifs is 2. The molecule has 2 bridgehead atoms. The second-order valence-electron chi connectivity index (χ2n) is 6.74. The molecular formula is C16H23N5O2S. The van der Waals surface area contributed by atoms with Gasteiger partial charge in [0.15, 0.2) is 5.03 Å². The molecule has 0 aromatic carbocycles. The van der Waals surface area contributed by atoms with E-state index in [4.69, 9.17) is 0 Å². The van der Waals surface area contributed by atoms with Crippen LogP contribution >= 0.6 is 0 Å². The van der Waals surface area contributed by atoms with E-state index in [0.717, 1.165) is 38.1 Å². The molecule has 2 aromatic rings. The van der Waals surface area contributed by atoms with Gasteiger partial charge in [0, 0.05) is 37.2 Å². The number of rotatable bonds is 4. The first-order valence-electron chi connectivity index (χ1n) is 8.57. The summed E-state index contributed by atoms with van der Waals surface area (Å²) in [5.41, 5.74) is 0. The summed E-state index contributed by atoms with van der Waals surface area (Å²) in [7, 11) is -3.53. The van der Waals surface area contributed by atoms with Gasteiger partial charge in [-0.2, -0.15) is 9.40 Å². The normalized spacial score (nSPS) is 27.7. The van der Waals surface area contributed by atoms with Crippen LogP contribution in [-0.4, -0.2) is 44.1 Å². The lowest BCUT2D eigenvalue weighted by molar-refractivity contribution is 0.184. The van der Waals surface area contributed by atoms with Crippen LogP contribution in [0.3, 0.4) is 0 Å². The summed E-state index contributed by atoms with van der Waals surface area (Å²) in [6.07, 6.45) is 8.93. The molecule has 4 heterocycles. The number of aromatic nitrogens is 4. The lowest BCUT2D eigenvalue weighted by Crippen LogP contribution is -2.47. The van der Waals surface area contributed by atoms with E-state index in [-0.39, 0.29) is 17.1 Å². The van der Waals surface area contributed by atoms with Crippen molar-refractivity contribution >= 4 is 10.0 Å². The van der Waals surface area contributed by atoms with E-state index < -0.39 is 10.0 Å². The van der Waals surface area contributed by atoms with E-state index in [1.807, 2.05) is 35.4 Å². The van der Waals surface area contributed by atoms with Crippen molar-refractivity contribution < 1.29 is 8.42 Å². The number of aryl methyl sites for hydroxylation is 2. The molecule has 7 nitrogen and oxygen atoms in total. The molecule has 0 amide bonds. The highest BCUT2D eigenvalue weighted by Crippen LogP contribution is 2.43. The minimum atomic E-state index is -3.53. The zero-order chi connectivity index (χ0) is 16.9. The van der Waals surface area contributed by atoms with Crippen LogP contribution in [0.4, 0.5) is 0 Å². The fourth-order valence-corrected chi connectivity index (χ4v) is 6.13. The highest BCUT2D eigenvalue weighted by atomic mass is 32.2. The largest absolute Gasteiger partial charge is 0.334 e. The lowest BCUT2D eigenvalue weighted by atomic mass is 10.00. The maximum atomic E-state index is 13.2. The van der Waals surface area contributed by atoms with Crippen molar-refractivity contribution in [1.29, 1.82) is 0 Å². The Morgan fingerprint density at radius 1 is 1.21 bits per heavy atom. The van der Waals surface area contributed by atoms with Crippen molar-refractivity contribution in [2.45, 2.75) is 69.2 Å². The Hall–Kier alpha value is -1.67. The molecule has 8 heteroatoms. The average Bonchev–Trinajstić information content (AvgIpc) is 3.26. The smallest absolute Gasteiger partial charge is 0.262 e. The molecule has 2 aliphatic heterocycles. The van der Waals surface area contributed by atoms with Gasteiger partial charge in [-0.15, -0.1) is 0 Å². The van der Waals surface area contributed by atoms with E-state index in [1.165, 1.54) is 0 Å². The van der Waals surface area contributed by atoms with Crippen LogP contribution in [0.15, 0.2) is 29.7 Å². The summed E-state index contributed by atoms with van der Waals surface area (Å²) in [5, 5.41) is 4.53. The molecule has 2 aliphatic rings. The molecule has 0 saturated carbocycles. The molecule has 0 radical (unpaired) electrons. The summed E-state index contributed by atoms with van der Waals surface area (Å²) in [6.45, 7) is 4.56. The van der Waals surface area contributed by atoms with Gasteiger partial charge in [-0.05, 0) is 45.6 Å². The van der Waals surface area contributed by atoms with E-state index >= 15 is 0 Å². The van der Waals surface area contributed by atoms with Crippen LogP contribution in [0.5, 0.6) is 0 Å². The number of hydrogen-bond donors (Lipinski definition) is 0. The molecule has 2 atom stereocenters. The molecular weight excluding hydrogens is 326 g/mol. The highest BCUT2D eigenvalue weighted by molar-refractivity contribution is 7.89. The molecule has 0 aliphatic carbocycles. The van der Waals surface area contributed by atoms with E-state index in [2.05, 4.69) is 10.1 Å². The van der Waals surface area contributed by atoms with Gasteiger partial charge < -0.3 is 4.57 Å². The quantitative estimate of drug-likeness (QED) is 0.846. The third-order valence-corrected chi connectivity index (χ3v) is 7.25. The second kappa shape index (κ2) is 5.70. The Balaban J connectivity index is 1.63. The van der Waals surface area contributed by atoms with Crippen LogP contribution in [-0.2, 0) is 16.6 Å². The molecule has 0 N–H and O–H groups in total. The Morgan fingerprint density at radius 2 is 1.92 bits per heavy atom. The SMILES string of the molecule is CCn1cc(S(=O)(=O)N2C3CCC2CC(n2cccn2)C3)nc1C.